The van der Waals surface area contributed by atoms with Crippen molar-refractivity contribution in [3.05, 3.63) is 95.6 Å². The van der Waals surface area contributed by atoms with E-state index in [-0.39, 0.29) is 17.7 Å². The van der Waals surface area contributed by atoms with Gasteiger partial charge in [-0.2, -0.15) is 5.26 Å². The molecule has 29 heavy (non-hydrogen) atoms. The molecule has 0 bridgehead atoms. The Hall–Kier alpha value is -3.98. The minimum Gasteiger partial charge on any atom is -0.483 e. The Morgan fingerprint density at radius 2 is 1.69 bits per heavy atom. The van der Waals surface area contributed by atoms with E-state index in [1.54, 1.807) is 36.4 Å². The van der Waals surface area contributed by atoms with Crippen LogP contribution in [0.4, 0.5) is 14.5 Å². The fourth-order valence-electron chi connectivity index (χ4n) is 2.61. The van der Waals surface area contributed by atoms with Crippen molar-refractivity contribution < 1.29 is 18.3 Å². The lowest BCUT2D eigenvalue weighted by Gasteiger charge is -2.10. The second kappa shape index (κ2) is 9.29. The summed E-state index contributed by atoms with van der Waals surface area (Å²) in [7, 11) is 0. The van der Waals surface area contributed by atoms with Gasteiger partial charge < -0.3 is 10.1 Å². The number of para-hydroxylation sites is 1. The number of carbonyl (C=O) groups is 1. The highest BCUT2D eigenvalue weighted by atomic mass is 19.1. The fraction of sp³-hybridized carbons (Fsp3) is 0.0435. The van der Waals surface area contributed by atoms with E-state index in [2.05, 4.69) is 5.32 Å². The zero-order chi connectivity index (χ0) is 20.6. The summed E-state index contributed by atoms with van der Waals surface area (Å²) < 4.78 is 32.5. The second-order valence-corrected chi connectivity index (χ2v) is 6.03. The van der Waals surface area contributed by atoms with E-state index < -0.39 is 17.5 Å². The number of hydrogen-bond acceptors (Lipinski definition) is 3. The number of nitrogens with one attached hydrogen (secondary N) is 1. The number of rotatable bonds is 6. The highest BCUT2D eigenvalue weighted by Crippen LogP contribution is 2.26. The van der Waals surface area contributed by atoms with Crippen LogP contribution in [0.5, 0.6) is 5.75 Å². The second-order valence-electron chi connectivity index (χ2n) is 6.03. The molecule has 0 aromatic heterocycles. The standard InChI is InChI=1S/C23H16F2N2O2/c24-18-9-11-19(12-10-18)27-23(28)15-29-22-8-4-1-5-16(22)13-17(14-26)20-6-2-3-7-21(20)25/h1-13H,15H2,(H,27,28). The van der Waals surface area contributed by atoms with E-state index in [1.807, 2.05) is 6.07 Å². The zero-order valence-electron chi connectivity index (χ0n) is 15.2. The number of nitriles is 1. The fourth-order valence-corrected chi connectivity index (χ4v) is 2.61. The molecule has 144 valence electrons. The van der Waals surface area contributed by atoms with Gasteiger partial charge in [0.05, 0.1) is 11.6 Å². The summed E-state index contributed by atoms with van der Waals surface area (Å²) in [5.41, 5.74) is 1.29. The number of hydrogen-bond donors (Lipinski definition) is 1. The van der Waals surface area contributed by atoms with Crippen LogP contribution < -0.4 is 10.1 Å². The molecule has 0 aliphatic heterocycles. The zero-order valence-corrected chi connectivity index (χ0v) is 15.2. The van der Waals surface area contributed by atoms with Gasteiger partial charge in [-0.05, 0) is 42.5 Å². The minimum absolute atomic E-state index is 0.134. The van der Waals surface area contributed by atoms with Crippen LogP contribution in [-0.4, -0.2) is 12.5 Å². The number of ether oxygens (including phenoxy) is 1. The number of nitrogens with zero attached hydrogens (tertiary/aromatic N) is 1. The third kappa shape index (κ3) is 5.27. The molecule has 0 aliphatic rings. The Balaban J connectivity index is 1.75. The van der Waals surface area contributed by atoms with Crippen molar-refractivity contribution in [3.63, 3.8) is 0 Å². The van der Waals surface area contributed by atoms with Crippen molar-refractivity contribution in [2.24, 2.45) is 0 Å². The summed E-state index contributed by atoms with van der Waals surface area (Å²) in [4.78, 5) is 12.1. The number of anilines is 1. The lowest BCUT2D eigenvalue weighted by molar-refractivity contribution is -0.118. The predicted molar refractivity (Wildman–Crippen MR) is 107 cm³/mol. The van der Waals surface area contributed by atoms with E-state index in [4.69, 9.17) is 4.74 Å². The first kappa shape index (κ1) is 19.8. The molecule has 4 nitrogen and oxygen atoms in total. The Kier molecular flexibility index (Phi) is 6.33. The number of amides is 1. The molecule has 0 unspecified atom stereocenters. The molecule has 0 saturated heterocycles. The van der Waals surface area contributed by atoms with Gasteiger partial charge in [-0.1, -0.05) is 36.4 Å². The average molecular weight is 390 g/mol. The van der Waals surface area contributed by atoms with Gasteiger partial charge in [-0.3, -0.25) is 4.79 Å². The molecule has 0 atom stereocenters. The van der Waals surface area contributed by atoms with Crippen molar-refractivity contribution in [2.45, 2.75) is 0 Å². The minimum atomic E-state index is -0.502. The monoisotopic (exact) mass is 390 g/mol. The topological polar surface area (TPSA) is 62.1 Å². The van der Waals surface area contributed by atoms with Gasteiger partial charge in [-0.25, -0.2) is 8.78 Å². The normalized spacial score (nSPS) is 10.9. The van der Waals surface area contributed by atoms with Crippen molar-refractivity contribution in [1.82, 2.24) is 0 Å². The number of carbonyl (C=O) groups excluding carboxylic acids is 1. The average Bonchev–Trinajstić information content (AvgIpc) is 2.73. The number of benzene rings is 3. The Morgan fingerprint density at radius 1 is 1.00 bits per heavy atom. The summed E-state index contributed by atoms with van der Waals surface area (Å²) in [5, 5.41) is 12.0. The molecule has 0 heterocycles. The molecule has 3 rings (SSSR count). The van der Waals surface area contributed by atoms with E-state index in [1.165, 1.54) is 42.5 Å². The quantitative estimate of drug-likeness (QED) is 0.473. The summed E-state index contributed by atoms with van der Waals surface area (Å²) in [6.45, 7) is -0.288. The van der Waals surface area contributed by atoms with Crippen molar-refractivity contribution in [2.75, 3.05) is 11.9 Å². The molecular formula is C23H16F2N2O2. The maximum Gasteiger partial charge on any atom is 0.262 e. The van der Waals surface area contributed by atoms with E-state index in [0.717, 1.165) is 0 Å². The molecule has 1 amide bonds. The molecule has 6 heteroatoms. The van der Waals surface area contributed by atoms with E-state index in [9.17, 15) is 18.8 Å². The summed E-state index contributed by atoms with van der Waals surface area (Å²) in [5.74, 6) is -0.962. The molecule has 3 aromatic rings. The molecule has 0 saturated carbocycles. The molecule has 3 aromatic carbocycles. The maximum atomic E-state index is 14.0. The van der Waals surface area contributed by atoms with Gasteiger partial charge in [0.15, 0.2) is 6.61 Å². The van der Waals surface area contributed by atoms with Gasteiger partial charge in [0.2, 0.25) is 0 Å². The van der Waals surface area contributed by atoms with Crippen LogP contribution >= 0.6 is 0 Å². The van der Waals surface area contributed by atoms with Crippen LogP contribution in [0.15, 0.2) is 72.8 Å². The van der Waals surface area contributed by atoms with Crippen LogP contribution in [0.2, 0.25) is 0 Å². The summed E-state index contributed by atoms with van der Waals surface area (Å²) >= 11 is 0. The SMILES string of the molecule is N#CC(=Cc1ccccc1OCC(=O)Nc1ccc(F)cc1)c1ccccc1F. The van der Waals surface area contributed by atoms with Gasteiger partial charge in [0.1, 0.15) is 17.4 Å². The van der Waals surface area contributed by atoms with Crippen LogP contribution in [0.25, 0.3) is 11.6 Å². The third-order valence-electron chi connectivity index (χ3n) is 3.99. The van der Waals surface area contributed by atoms with Crippen LogP contribution in [-0.2, 0) is 4.79 Å². The van der Waals surface area contributed by atoms with Crippen molar-refractivity contribution in [3.8, 4) is 11.8 Å². The number of allylic oxidation sites excluding steroid dienone is 1. The predicted octanol–water partition coefficient (Wildman–Crippen LogP) is 5.05. The molecule has 0 radical (unpaired) electrons. The molecule has 0 fully saturated rings. The van der Waals surface area contributed by atoms with E-state index >= 15 is 0 Å². The smallest absolute Gasteiger partial charge is 0.262 e. The lowest BCUT2D eigenvalue weighted by Crippen LogP contribution is -2.20. The van der Waals surface area contributed by atoms with Crippen LogP contribution in [0.3, 0.4) is 0 Å². The maximum absolute atomic E-state index is 14.0. The molecular weight excluding hydrogens is 374 g/mol. The first-order chi connectivity index (χ1) is 14.1. The molecule has 0 spiro atoms. The van der Waals surface area contributed by atoms with Gasteiger partial charge in [0, 0.05) is 16.8 Å². The lowest BCUT2D eigenvalue weighted by atomic mass is 10.0. The summed E-state index contributed by atoms with van der Waals surface area (Å²) in [6, 6.07) is 20.2. The third-order valence-corrected chi connectivity index (χ3v) is 3.99. The highest BCUT2D eigenvalue weighted by Gasteiger charge is 2.10. The Bertz CT molecular complexity index is 1090. The number of halogens is 2. The van der Waals surface area contributed by atoms with E-state index in [0.29, 0.717) is 17.0 Å². The van der Waals surface area contributed by atoms with Gasteiger partial charge >= 0.3 is 0 Å². The van der Waals surface area contributed by atoms with Crippen LogP contribution in [0, 0.1) is 23.0 Å². The Morgan fingerprint density at radius 3 is 2.41 bits per heavy atom. The van der Waals surface area contributed by atoms with Crippen molar-refractivity contribution >= 4 is 23.2 Å². The highest BCUT2D eigenvalue weighted by molar-refractivity contribution is 5.92. The molecule has 1 N–H and O–H groups in total. The van der Waals surface area contributed by atoms with Crippen molar-refractivity contribution in [1.29, 1.82) is 5.26 Å². The van der Waals surface area contributed by atoms with Crippen LogP contribution in [0.1, 0.15) is 11.1 Å². The first-order valence-electron chi connectivity index (χ1n) is 8.71. The molecule has 0 aliphatic carbocycles. The van der Waals surface area contributed by atoms with Gasteiger partial charge in [-0.15, -0.1) is 0 Å². The summed E-state index contributed by atoms with van der Waals surface area (Å²) in [6.07, 6.45) is 1.51. The largest absolute Gasteiger partial charge is 0.483 e. The first-order valence-corrected chi connectivity index (χ1v) is 8.71. The Labute approximate surface area is 166 Å². The van der Waals surface area contributed by atoms with Gasteiger partial charge in [0.25, 0.3) is 5.91 Å².